The van der Waals surface area contributed by atoms with Crippen molar-refractivity contribution in [1.29, 1.82) is 0 Å². The van der Waals surface area contributed by atoms with E-state index in [-0.39, 0.29) is 17.8 Å². The van der Waals surface area contributed by atoms with E-state index in [9.17, 15) is 23.9 Å². The minimum Gasteiger partial charge on any atom is -0.480 e. The summed E-state index contributed by atoms with van der Waals surface area (Å²) in [5.74, 6) is -2.17. The SMILES string of the molecule is Cc1nc(-c2cccc(F)c2)sc1C(=O)NC(CCCNC(N)=O)C(=O)O. The van der Waals surface area contributed by atoms with Gasteiger partial charge in [-0.25, -0.2) is 19.0 Å². The second-order valence-corrected chi connectivity index (χ2v) is 6.74. The van der Waals surface area contributed by atoms with Gasteiger partial charge in [-0.05, 0) is 31.9 Å². The minimum atomic E-state index is -1.19. The maximum Gasteiger partial charge on any atom is 0.326 e. The standard InChI is InChI=1S/C17H19FN4O4S/c1-9-13(27-15(21-9)10-4-2-5-11(18)8-10)14(23)22-12(16(24)25)6-3-7-20-17(19)26/h2,4-5,8,12H,3,6-7H2,1H3,(H,22,23)(H,24,25)(H3,19,20,26). The Morgan fingerprint density at radius 3 is 2.74 bits per heavy atom. The van der Waals surface area contributed by atoms with Crippen molar-refractivity contribution in [3.05, 3.63) is 40.7 Å². The average molecular weight is 394 g/mol. The molecule has 5 N–H and O–H groups in total. The molecule has 0 aliphatic rings. The van der Waals surface area contributed by atoms with Crippen LogP contribution in [-0.4, -0.2) is 40.6 Å². The molecule has 2 aromatic rings. The van der Waals surface area contributed by atoms with E-state index in [2.05, 4.69) is 15.6 Å². The first-order chi connectivity index (χ1) is 12.8. The van der Waals surface area contributed by atoms with Crippen molar-refractivity contribution in [1.82, 2.24) is 15.6 Å². The lowest BCUT2D eigenvalue weighted by molar-refractivity contribution is -0.139. The van der Waals surface area contributed by atoms with Gasteiger partial charge in [0.05, 0.1) is 5.69 Å². The van der Waals surface area contributed by atoms with Gasteiger partial charge in [-0.15, -0.1) is 11.3 Å². The summed E-state index contributed by atoms with van der Waals surface area (Å²) >= 11 is 1.06. The van der Waals surface area contributed by atoms with Crippen molar-refractivity contribution in [3.8, 4) is 10.6 Å². The summed E-state index contributed by atoms with van der Waals surface area (Å²) in [6, 6.07) is 4.02. The minimum absolute atomic E-state index is 0.121. The van der Waals surface area contributed by atoms with Crippen molar-refractivity contribution in [3.63, 3.8) is 0 Å². The lowest BCUT2D eigenvalue weighted by Gasteiger charge is -2.14. The number of rotatable bonds is 8. The van der Waals surface area contributed by atoms with Crippen LogP contribution in [0.4, 0.5) is 9.18 Å². The van der Waals surface area contributed by atoms with E-state index >= 15 is 0 Å². The molecule has 1 atom stereocenters. The van der Waals surface area contributed by atoms with Crippen LogP contribution < -0.4 is 16.4 Å². The number of urea groups is 1. The van der Waals surface area contributed by atoms with Crippen molar-refractivity contribution in [2.45, 2.75) is 25.8 Å². The molecular weight excluding hydrogens is 375 g/mol. The van der Waals surface area contributed by atoms with Crippen molar-refractivity contribution >= 4 is 29.2 Å². The Hall–Kier alpha value is -3.01. The maximum atomic E-state index is 13.4. The Labute approximate surface area is 158 Å². The van der Waals surface area contributed by atoms with E-state index < -0.39 is 29.8 Å². The summed E-state index contributed by atoms with van der Waals surface area (Å²) in [4.78, 5) is 39.0. The monoisotopic (exact) mass is 394 g/mol. The first-order valence-electron chi connectivity index (χ1n) is 8.08. The number of benzene rings is 1. The number of aromatic nitrogens is 1. The predicted molar refractivity (Wildman–Crippen MR) is 98.0 cm³/mol. The number of carbonyl (C=O) groups is 3. The number of carbonyl (C=O) groups excluding carboxylic acids is 2. The topological polar surface area (TPSA) is 134 Å². The predicted octanol–water partition coefficient (Wildman–Crippen LogP) is 1.89. The molecule has 0 saturated heterocycles. The van der Waals surface area contributed by atoms with Crippen molar-refractivity contribution < 1.29 is 23.9 Å². The largest absolute Gasteiger partial charge is 0.480 e. The number of amides is 3. The van der Waals surface area contributed by atoms with Gasteiger partial charge in [0.15, 0.2) is 0 Å². The van der Waals surface area contributed by atoms with Crippen LogP contribution >= 0.6 is 11.3 Å². The van der Waals surface area contributed by atoms with Crippen LogP contribution in [0.1, 0.15) is 28.2 Å². The molecule has 0 bridgehead atoms. The van der Waals surface area contributed by atoms with Crippen LogP contribution in [0.5, 0.6) is 0 Å². The van der Waals surface area contributed by atoms with Crippen LogP contribution in [0.3, 0.4) is 0 Å². The smallest absolute Gasteiger partial charge is 0.326 e. The number of aliphatic carboxylic acids is 1. The first kappa shape index (κ1) is 20.3. The van der Waals surface area contributed by atoms with E-state index in [0.29, 0.717) is 22.7 Å². The number of primary amides is 1. The fourth-order valence-electron chi connectivity index (χ4n) is 2.35. The second-order valence-electron chi connectivity index (χ2n) is 5.74. The van der Waals surface area contributed by atoms with Gasteiger partial charge in [0, 0.05) is 12.1 Å². The Morgan fingerprint density at radius 1 is 1.37 bits per heavy atom. The summed E-state index contributed by atoms with van der Waals surface area (Å²) in [6.07, 6.45) is 0.451. The number of nitrogens with zero attached hydrogens (tertiary/aromatic N) is 1. The van der Waals surface area contributed by atoms with Gasteiger partial charge in [0.2, 0.25) is 0 Å². The molecule has 2 rings (SSSR count). The molecule has 0 fully saturated rings. The van der Waals surface area contributed by atoms with E-state index in [0.717, 1.165) is 11.3 Å². The summed E-state index contributed by atoms with van der Waals surface area (Å²) in [5, 5.41) is 14.6. The third kappa shape index (κ3) is 5.74. The molecule has 1 unspecified atom stereocenters. The van der Waals surface area contributed by atoms with Gasteiger partial charge in [-0.3, -0.25) is 4.79 Å². The zero-order valence-electron chi connectivity index (χ0n) is 14.5. The highest BCUT2D eigenvalue weighted by Crippen LogP contribution is 2.28. The number of hydrogen-bond acceptors (Lipinski definition) is 5. The zero-order chi connectivity index (χ0) is 20.0. The van der Waals surface area contributed by atoms with Crippen molar-refractivity contribution in [2.24, 2.45) is 5.73 Å². The molecule has 0 saturated carbocycles. The van der Waals surface area contributed by atoms with E-state index in [1.165, 1.54) is 12.1 Å². The Morgan fingerprint density at radius 2 is 2.11 bits per heavy atom. The highest BCUT2D eigenvalue weighted by atomic mass is 32.1. The number of carboxylic acid groups (broad SMARTS) is 1. The molecule has 8 nitrogen and oxygen atoms in total. The van der Waals surface area contributed by atoms with Gasteiger partial charge in [-0.2, -0.15) is 0 Å². The Bertz CT molecular complexity index is 855. The highest BCUT2D eigenvalue weighted by Gasteiger charge is 2.23. The number of hydrogen-bond donors (Lipinski definition) is 4. The number of nitrogens with two attached hydrogens (primary N) is 1. The van der Waals surface area contributed by atoms with E-state index in [4.69, 9.17) is 5.73 Å². The van der Waals surface area contributed by atoms with Gasteiger partial charge in [0.1, 0.15) is 21.7 Å². The fraction of sp³-hybridized carbons (Fsp3) is 0.294. The molecule has 144 valence electrons. The first-order valence-corrected chi connectivity index (χ1v) is 8.90. The summed E-state index contributed by atoms with van der Waals surface area (Å²) in [5.41, 5.74) is 5.90. The third-order valence-electron chi connectivity index (χ3n) is 3.65. The van der Waals surface area contributed by atoms with Crippen LogP contribution in [0.25, 0.3) is 10.6 Å². The molecule has 0 aliphatic heterocycles. The number of carboxylic acids is 1. The number of nitrogens with one attached hydrogen (secondary N) is 2. The molecule has 0 radical (unpaired) electrons. The number of thiazole rings is 1. The fourth-order valence-corrected chi connectivity index (χ4v) is 3.32. The lowest BCUT2D eigenvalue weighted by Crippen LogP contribution is -2.41. The van der Waals surface area contributed by atoms with Gasteiger partial charge < -0.3 is 21.5 Å². The molecule has 10 heteroatoms. The molecule has 1 aromatic heterocycles. The van der Waals surface area contributed by atoms with Crippen LogP contribution in [0.15, 0.2) is 24.3 Å². The molecule has 1 heterocycles. The van der Waals surface area contributed by atoms with E-state index in [1.54, 1.807) is 19.1 Å². The summed E-state index contributed by atoms with van der Waals surface area (Å²) < 4.78 is 13.4. The molecule has 1 aromatic carbocycles. The lowest BCUT2D eigenvalue weighted by atomic mass is 10.1. The molecule has 0 aliphatic carbocycles. The molecule has 27 heavy (non-hydrogen) atoms. The quantitative estimate of drug-likeness (QED) is 0.507. The Kier molecular flexibility index (Phi) is 6.83. The normalized spacial score (nSPS) is 11.6. The zero-order valence-corrected chi connectivity index (χ0v) is 15.3. The number of halogens is 1. The number of aryl methyl sites for hydroxylation is 1. The average Bonchev–Trinajstić information content (AvgIpc) is 2.99. The van der Waals surface area contributed by atoms with Crippen molar-refractivity contribution in [2.75, 3.05) is 6.54 Å². The highest BCUT2D eigenvalue weighted by molar-refractivity contribution is 7.17. The van der Waals surface area contributed by atoms with Crippen LogP contribution in [0.2, 0.25) is 0 Å². The Balaban J connectivity index is 2.07. The second kappa shape index (κ2) is 9.08. The third-order valence-corrected chi connectivity index (χ3v) is 4.85. The maximum absolute atomic E-state index is 13.4. The molecule has 0 spiro atoms. The molecule has 3 amide bonds. The molecular formula is C17H19FN4O4S. The van der Waals surface area contributed by atoms with Gasteiger partial charge >= 0.3 is 12.0 Å². The summed E-state index contributed by atoms with van der Waals surface area (Å²) in [7, 11) is 0. The summed E-state index contributed by atoms with van der Waals surface area (Å²) in [6.45, 7) is 1.83. The van der Waals surface area contributed by atoms with Crippen LogP contribution in [-0.2, 0) is 4.79 Å². The van der Waals surface area contributed by atoms with Gasteiger partial charge in [0.25, 0.3) is 5.91 Å². The van der Waals surface area contributed by atoms with E-state index in [1.807, 2.05) is 0 Å². The van der Waals surface area contributed by atoms with Gasteiger partial charge in [-0.1, -0.05) is 12.1 Å². The van der Waals surface area contributed by atoms with Crippen LogP contribution in [0, 0.1) is 12.7 Å².